The van der Waals surface area contributed by atoms with E-state index in [0.717, 1.165) is 36.2 Å². The van der Waals surface area contributed by atoms with Gasteiger partial charge in [0, 0.05) is 19.5 Å². The van der Waals surface area contributed by atoms with Crippen molar-refractivity contribution in [2.45, 2.75) is 26.8 Å². The van der Waals surface area contributed by atoms with Crippen LogP contribution in [0.1, 0.15) is 25.1 Å². The third-order valence-corrected chi connectivity index (χ3v) is 4.76. The monoisotopic (exact) mass is 351 g/mol. The summed E-state index contributed by atoms with van der Waals surface area (Å²) in [7, 11) is 0. The SMILES string of the molecule is CCN(CC)CCn1c(=O)c(Cc2ccc(O)cc2)nc2ccccc21. The number of hydrogen-bond donors (Lipinski definition) is 1. The van der Waals surface area contributed by atoms with Crippen molar-refractivity contribution in [3.63, 3.8) is 0 Å². The lowest BCUT2D eigenvalue weighted by molar-refractivity contribution is 0.290. The maximum Gasteiger partial charge on any atom is 0.273 e. The van der Waals surface area contributed by atoms with Crippen molar-refractivity contribution in [3.05, 3.63) is 70.1 Å². The molecule has 5 heteroatoms. The Kier molecular flexibility index (Phi) is 5.68. The van der Waals surface area contributed by atoms with E-state index < -0.39 is 0 Å². The maximum atomic E-state index is 13.1. The molecule has 0 fully saturated rings. The molecule has 5 nitrogen and oxygen atoms in total. The van der Waals surface area contributed by atoms with Gasteiger partial charge in [0.05, 0.1) is 11.0 Å². The number of aromatic nitrogens is 2. The van der Waals surface area contributed by atoms with Crippen molar-refractivity contribution in [1.29, 1.82) is 0 Å². The Hall–Kier alpha value is -2.66. The fourth-order valence-electron chi connectivity index (χ4n) is 3.17. The Morgan fingerprint density at radius 1 is 1.04 bits per heavy atom. The van der Waals surface area contributed by atoms with Crippen LogP contribution in [-0.2, 0) is 13.0 Å². The van der Waals surface area contributed by atoms with E-state index in [1.54, 1.807) is 12.1 Å². The standard InChI is InChI=1S/C21H25N3O2/c1-3-23(4-2)13-14-24-20-8-6-5-7-18(20)22-19(21(24)26)15-16-9-11-17(25)12-10-16/h5-12,25H,3-4,13-15H2,1-2H3. The number of fused-ring (bicyclic) bond motifs is 1. The first-order chi connectivity index (χ1) is 12.6. The van der Waals surface area contributed by atoms with Crippen molar-refractivity contribution in [2.24, 2.45) is 0 Å². The summed E-state index contributed by atoms with van der Waals surface area (Å²) in [6, 6.07) is 14.7. The third-order valence-electron chi connectivity index (χ3n) is 4.76. The minimum absolute atomic E-state index is 0.0380. The van der Waals surface area contributed by atoms with Gasteiger partial charge in [-0.25, -0.2) is 4.98 Å². The molecule has 26 heavy (non-hydrogen) atoms. The van der Waals surface area contributed by atoms with Crippen LogP contribution in [0.3, 0.4) is 0 Å². The molecule has 0 amide bonds. The van der Waals surface area contributed by atoms with Gasteiger partial charge in [-0.15, -0.1) is 0 Å². The number of aromatic hydroxyl groups is 1. The van der Waals surface area contributed by atoms with Crippen LogP contribution in [-0.4, -0.2) is 39.2 Å². The zero-order valence-corrected chi connectivity index (χ0v) is 15.4. The molecule has 0 aliphatic heterocycles. The van der Waals surface area contributed by atoms with Gasteiger partial charge in [0.15, 0.2) is 0 Å². The first-order valence-electron chi connectivity index (χ1n) is 9.11. The molecule has 0 saturated heterocycles. The van der Waals surface area contributed by atoms with E-state index in [1.165, 1.54) is 0 Å². The average Bonchev–Trinajstić information content (AvgIpc) is 2.66. The fourth-order valence-corrected chi connectivity index (χ4v) is 3.17. The molecule has 0 bridgehead atoms. The van der Waals surface area contributed by atoms with Crippen LogP contribution in [0.4, 0.5) is 0 Å². The molecule has 0 unspecified atom stereocenters. The molecule has 2 aromatic carbocycles. The number of phenols is 1. The number of likely N-dealkylation sites (N-methyl/N-ethyl adjacent to an activating group) is 1. The predicted octanol–water partition coefficient (Wildman–Crippen LogP) is 3.03. The number of hydrogen-bond acceptors (Lipinski definition) is 4. The normalized spacial score (nSPS) is 11.3. The van der Waals surface area contributed by atoms with Gasteiger partial charge in [-0.3, -0.25) is 4.79 Å². The molecule has 0 radical (unpaired) electrons. The van der Waals surface area contributed by atoms with E-state index in [0.29, 0.717) is 18.7 Å². The topological polar surface area (TPSA) is 58.4 Å². The Morgan fingerprint density at radius 3 is 2.42 bits per heavy atom. The van der Waals surface area contributed by atoms with Gasteiger partial charge in [-0.05, 0) is 42.9 Å². The van der Waals surface area contributed by atoms with Crippen LogP contribution in [0.15, 0.2) is 53.3 Å². The van der Waals surface area contributed by atoms with Crippen LogP contribution in [0.25, 0.3) is 11.0 Å². The molecule has 1 heterocycles. The van der Waals surface area contributed by atoms with Crippen molar-refractivity contribution < 1.29 is 5.11 Å². The smallest absolute Gasteiger partial charge is 0.273 e. The van der Waals surface area contributed by atoms with Crippen LogP contribution in [0, 0.1) is 0 Å². The number of phenolic OH excluding ortho intramolecular Hbond substituents is 1. The van der Waals surface area contributed by atoms with E-state index >= 15 is 0 Å². The second-order valence-electron chi connectivity index (χ2n) is 6.37. The molecular formula is C21H25N3O2. The van der Waals surface area contributed by atoms with Crippen LogP contribution < -0.4 is 5.56 Å². The maximum absolute atomic E-state index is 13.1. The zero-order chi connectivity index (χ0) is 18.5. The van der Waals surface area contributed by atoms with Crippen molar-refractivity contribution in [1.82, 2.24) is 14.5 Å². The number of rotatable bonds is 7. The van der Waals surface area contributed by atoms with Gasteiger partial charge in [0.25, 0.3) is 5.56 Å². The van der Waals surface area contributed by atoms with Crippen LogP contribution in [0.2, 0.25) is 0 Å². The van der Waals surface area contributed by atoms with Gasteiger partial charge < -0.3 is 14.6 Å². The largest absolute Gasteiger partial charge is 0.508 e. The molecule has 0 spiro atoms. The Morgan fingerprint density at radius 2 is 1.73 bits per heavy atom. The lowest BCUT2D eigenvalue weighted by Gasteiger charge is -2.20. The quantitative estimate of drug-likeness (QED) is 0.711. The lowest BCUT2D eigenvalue weighted by Crippen LogP contribution is -2.33. The summed E-state index contributed by atoms with van der Waals surface area (Å²) in [6.45, 7) is 7.68. The van der Waals surface area contributed by atoms with Crippen LogP contribution in [0.5, 0.6) is 5.75 Å². The zero-order valence-electron chi connectivity index (χ0n) is 15.4. The molecule has 3 rings (SSSR count). The van der Waals surface area contributed by atoms with E-state index in [4.69, 9.17) is 0 Å². The summed E-state index contributed by atoms with van der Waals surface area (Å²) < 4.78 is 1.84. The van der Waals surface area contributed by atoms with Gasteiger partial charge in [0.1, 0.15) is 11.4 Å². The summed E-state index contributed by atoms with van der Waals surface area (Å²) in [5.41, 5.74) is 3.16. The first-order valence-corrected chi connectivity index (χ1v) is 9.11. The molecule has 136 valence electrons. The molecule has 0 aliphatic rings. The van der Waals surface area contributed by atoms with Crippen molar-refractivity contribution in [3.8, 4) is 5.75 Å². The van der Waals surface area contributed by atoms with Crippen molar-refractivity contribution >= 4 is 11.0 Å². The van der Waals surface area contributed by atoms with Crippen LogP contribution >= 0.6 is 0 Å². The van der Waals surface area contributed by atoms with Gasteiger partial charge in [0.2, 0.25) is 0 Å². The number of para-hydroxylation sites is 2. The summed E-state index contributed by atoms with van der Waals surface area (Å²) >= 11 is 0. The van der Waals surface area contributed by atoms with Gasteiger partial charge >= 0.3 is 0 Å². The van der Waals surface area contributed by atoms with Gasteiger partial charge in [-0.2, -0.15) is 0 Å². The van der Waals surface area contributed by atoms with E-state index in [2.05, 4.69) is 23.7 Å². The minimum Gasteiger partial charge on any atom is -0.508 e. The first kappa shape index (κ1) is 18.1. The molecular weight excluding hydrogens is 326 g/mol. The lowest BCUT2D eigenvalue weighted by atomic mass is 10.1. The second kappa shape index (κ2) is 8.15. The summed E-state index contributed by atoms with van der Waals surface area (Å²) in [5.74, 6) is 0.219. The number of benzene rings is 2. The molecule has 0 aliphatic carbocycles. The fraction of sp³-hybridized carbons (Fsp3) is 0.333. The average molecular weight is 351 g/mol. The van der Waals surface area contributed by atoms with Gasteiger partial charge in [-0.1, -0.05) is 38.1 Å². The molecule has 0 saturated carbocycles. The molecule has 1 aromatic heterocycles. The highest BCUT2D eigenvalue weighted by Crippen LogP contribution is 2.14. The highest BCUT2D eigenvalue weighted by atomic mass is 16.3. The molecule has 0 atom stereocenters. The number of nitrogens with zero attached hydrogens (tertiary/aromatic N) is 3. The van der Waals surface area contributed by atoms with E-state index in [9.17, 15) is 9.90 Å². The molecule has 1 N–H and O–H groups in total. The summed E-state index contributed by atoms with van der Waals surface area (Å²) in [6.07, 6.45) is 0.454. The second-order valence-corrected chi connectivity index (χ2v) is 6.37. The van der Waals surface area contributed by atoms with E-state index in [-0.39, 0.29) is 11.3 Å². The van der Waals surface area contributed by atoms with Crippen molar-refractivity contribution in [2.75, 3.05) is 19.6 Å². The van der Waals surface area contributed by atoms with E-state index in [1.807, 2.05) is 41.0 Å². The predicted molar refractivity (Wildman–Crippen MR) is 105 cm³/mol. The summed E-state index contributed by atoms with van der Waals surface area (Å²) in [5, 5.41) is 9.45. The highest BCUT2D eigenvalue weighted by molar-refractivity contribution is 5.74. The summed E-state index contributed by atoms with van der Waals surface area (Å²) in [4.78, 5) is 20.0. The Bertz CT molecular complexity index is 928. The molecule has 3 aromatic rings. The Balaban J connectivity index is 2.00. The third kappa shape index (κ3) is 3.94. The minimum atomic E-state index is -0.0380. The Labute approximate surface area is 153 Å². The highest BCUT2D eigenvalue weighted by Gasteiger charge is 2.12.